The number of hydrogen-bond donors (Lipinski definition) is 0. The summed E-state index contributed by atoms with van der Waals surface area (Å²) in [5, 5.41) is 0. The summed E-state index contributed by atoms with van der Waals surface area (Å²) in [6.07, 6.45) is 8.77. The molecule has 1 aliphatic carbocycles. The molecule has 4 aliphatic heterocycles. The Labute approximate surface area is 183 Å². The Morgan fingerprint density at radius 3 is 2.60 bits per heavy atom. The van der Waals surface area contributed by atoms with Crippen molar-refractivity contribution in [1.82, 2.24) is 9.80 Å². The van der Waals surface area contributed by atoms with Crippen LogP contribution in [0.1, 0.15) is 77.7 Å². The fourth-order valence-corrected chi connectivity index (χ4v) is 8.62. The van der Waals surface area contributed by atoms with E-state index in [9.17, 15) is 0 Å². The number of rotatable bonds is 1. The summed E-state index contributed by atoms with van der Waals surface area (Å²) in [7, 11) is 0. The normalized spacial score (nSPS) is 47.9. The van der Waals surface area contributed by atoms with Crippen molar-refractivity contribution < 1.29 is 4.74 Å². The summed E-state index contributed by atoms with van der Waals surface area (Å²) in [5.74, 6) is 2.11. The van der Waals surface area contributed by atoms with Crippen molar-refractivity contribution in [2.24, 2.45) is 17.3 Å². The molecule has 1 saturated carbocycles. The SMILES string of the molecule is C[C@@H]1CC[C@@H]2[C@@H](C1)O[C@H]1[C@@H]3N4CCCC[C@H]4[C@@H](c4ccccc4)[C@]3(C)CN1C2(C)C. The van der Waals surface area contributed by atoms with Gasteiger partial charge in [-0.05, 0) is 57.6 Å². The number of hydrogen-bond acceptors (Lipinski definition) is 3. The molecule has 0 N–H and O–H groups in total. The summed E-state index contributed by atoms with van der Waals surface area (Å²) >= 11 is 0. The molecule has 0 amide bonds. The predicted molar refractivity (Wildman–Crippen MR) is 121 cm³/mol. The van der Waals surface area contributed by atoms with Crippen LogP contribution in [0.5, 0.6) is 0 Å². The topological polar surface area (TPSA) is 15.7 Å². The minimum absolute atomic E-state index is 0.230. The van der Waals surface area contributed by atoms with Gasteiger partial charge in [0, 0.05) is 35.4 Å². The lowest BCUT2D eigenvalue weighted by Crippen LogP contribution is -2.65. The van der Waals surface area contributed by atoms with Gasteiger partial charge in [0.25, 0.3) is 0 Å². The molecule has 8 atom stereocenters. The highest BCUT2D eigenvalue weighted by molar-refractivity contribution is 5.32. The van der Waals surface area contributed by atoms with Crippen molar-refractivity contribution >= 4 is 0 Å². The summed E-state index contributed by atoms with van der Waals surface area (Å²) in [6.45, 7) is 12.5. The third-order valence-corrected chi connectivity index (χ3v) is 9.98. The molecule has 164 valence electrons. The van der Waals surface area contributed by atoms with E-state index in [-0.39, 0.29) is 17.2 Å². The van der Waals surface area contributed by atoms with Crippen LogP contribution in [-0.2, 0) is 4.74 Å². The van der Waals surface area contributed by atoms with Gasteiger partial charge in [0.1, 0.15) is 6.23 Å². The van der Waals surface area contributed by atoms with E-state index in [4.69, 9.17) is 4.74 Å². The van der Waals surface area contributed by atoms with E-state index in [1.54, 1.807) is 5.56 Å². The van der Waals surface area contributed by atoms with E-state index in [1.165, 1.54) is 51.6 Å². The number of piperidine rings is 1. The van der Waals surface area contributed by atoms with Gasteiger partial charge in [-0.25, -0.2) is 0 Å². The van der Waals surface area contributed by atoms with Crippen LogP contribution in [0, 0.1) is 17.3 Å². The van der Waals surface area contributed by atoms with Crippen LogP contribution >= 0.6 is 0 Å². The molecule has 5 fully saturated rings. The average molecular weight is 409 g/mol. The lowest BCUT2D eigenvalue weighted by atomic mass is 9.69. The van der Waals surface area contributed by atoms with Gasteiger partial charge in [-0.15, -0.1) is 0 Å². The smallest absolute Gasteiger partial charge is 0.127 e. The Kier molecular flexibility index (Phi) is 4.48. The second kappa shape index (κ2) is 6.80. The molecule has 0 unspecified atom stereocenters. The van der Waals surface area contributed by atoms with Gasteiger partial charge in [0.15, 0.2) is 0 Å². The molecular formula is C27H40N2O. The van der Waals surface area contributed by atoms with Crippen molar-refractivity contribution in [2.75, 3.05) is 13.1 Å². The van der Waals surface area contributed by atoms with Crippen LogP contribution in [0.15, 0.2) is 30.3 Å². The zero-order valence-electron chi connectivity index (χ0n) is 19.4. The van der Waals surface area contributed by atoms with E-state index in [1.807, 2.05) is 0 Å². The third kappa shape index (κ3) is 2.61. The minimum atomic E-state index is 0.230. The first-order chi connectivity index (χ1) is 14.4. The van der Waals surface area contributed by atoms with Crippen LogP contribution in [0.25, 0.3) is 0 Å². The molecule has 3 heteroatoms. The van der Waals surface area contributed by atoms with Crippen LogP contribution in [0.4, 0.5) is 0 Å². The lowest BCUT2D eigenvalue weighted by molar-refractivity contribution is -0.232. The minimum Gasteiger partial charge on any atom is -0.358 e. The average Bonchev–Trinajstić information content (AvgIpc) is 3.16. The maximum Gasteiger partial charge on any atom is 0.127 e. The summed E-state index contributed by atoms with van der Waals surface area (Å²) in [4.78, 5) is 5.73. The molecular weight excluding hydrogens is 368 g/mol. The largest absolute Gasteiger partial charge is 0.358 e. The summed E-state index contributed by atoms with van der Waals surface area (Å²) in [6, 6.07) is 12.7. The molecule has 4 heterocycles. The van der Waals surface area contributed by atoms with E-state index in [0.29, 0.717) is 30.0 Å². The van der Waals surface area contributed by atoms with Crippen LogP contribution in [-0.4, -0.2) is 52.8 Å². The zero-order valence-corrected chi connectivity index (χ0v) is 19.4. The molecule has 1 aromatic rings. The van der Waals surface area contributed by atoms with E-state index in [0.717, 1.165) is 5.92 Å². The van der Waals surface area contributed by atoms with Gasteiger partial charge in [0.2, 0.25) is 0 Å². The quantitative estimate of drug-likeness (QED) is 0.630. The molecule has 6 rings (SSSR count). The maximum atomic E-state index is 7.12. The van der Waals surface area contributed by atoms with Gasteiger partial charge in [0.05, 0.1) is 12.1 Å². The fourth-order valence-electron chi connectivity index (χ4n) is 8.62. The van der Waals surface area contributed by atoms with Gasteiger partial charge >= 0.3 is 0 Å². The first-order valence-electron chi connectivity index (χ1n) is 12.6. The highest BCUT2D eigenvalue weighted by Gasteiger charge is 2.69. The van der Waals surface area contributed by atoms with Crippen molar-refractivity contribution in [3.05, 3.63) is 35.9 Å². The fraction of sp³-hybridized carbons (Fsp3) is 0.778. The standard InChI is InChI=1S/C27H40N2O/c1-18-13-14-20-22(16-18)30-25-24-27(4,17-29(25)26(20,2)3)23(19-10-6-5-7-11-19)21-12-8-9-15-28(21)24/h5-7,10-11,18,20-25H,8-9,12-17H2,1-4H3/t18-,20-,21+,22-,23-,24+,25+,27+/m1/s1. The maximum absolute atomic E-state index is 7.12. The van der Waals surface area contributed by atoms with Gasteiger partial charge in [-0.3, -0.25) is 9.80 Å². The molecule has 0 radical (unpaired) electrons. The van der Waals surface area contributed by atoms with Crippen molar-refractivity contribution in [2.45, 2.75) is 102 Å². The Morgan fingerprint density at radius 2 is 1.80 bits per heavy atom. The second-order valence-electron chi connectivity index (χ2n) is 12.0. The molecule has 0 spiro atoms. The Balaban J connectivity index is 1.42. The van der Waals surface area contributed by atoms with Crippen molar-refractivity contribution in [3.8, 4) is 0 Å². The van der Waals surface area contributed by atoms with Gasteiger partial charge in [-0.1, -0.05) is 57.0 Å². The molecule has 0 aromatic heterocycles. The first kappa shape index (κ1) is 19.8. The molecule has 1 aromatic carbocycles. The molecule has 5 aliphatic rings. The van der Waals surface area contributed by atoms with E-state index >= 15 is 0 Å². The number of benzene rings is 1. The van der Waals surface area contributed by atoms with Crippen molar-refractivity contribution in [1.29, 1.82) is 0 Å². The lowest BCUT2D eigenvalue weighted by Gasteiger charge is -2.57. The Hall–Kier alpha value is -0.900. The predicted octanol–water partition coefficient (Wildman–Crippen LogP) is 5.27. The Bertz CT molecular complexity index is 793. The van der Waals surface area contributed by atoms with E-state index in [2.05, 4.69) is 67.8 Å². The van der Waals surface area contributed by atoms with Gasteiger partial charge < -0.3 is 4.74 Å². The first-order valence-corrected chi connectivity index (χ1v) is 12.6. The van der Waals surface area contributed by atoms with Crippen LogP contribution in [0.2, 0.25) is 0 Å². The zero-order chi connectivity index (χ0) is 20.7. The van der Waals surface area contributed by atoms with E-state index < -0.39 is 0 Å². The molecule has 3 nitrogen and oxygen atoms in total. The van der Waals surface area contributed by atoms with Crippen LogP contribution < -0.4 is 0 Å². The Morgan fingerprint density at radius 1 is 1.00 bits per heavy atom. The molecule has 4 saturated heterocycles. The number of ether oxygens (including phenoxy) is 1. The highest BCUT2D eigenvalue weighted by atomic mass is 16.5. The van der Waals surface area contributed by atoms with Gasteiger partial charge in [-0.2, -0.15) is 0 Å². The van der Waals surface area contributed by atoms with Crippen molar-refractivity contribution in [3.63, 3.8) is 0 Å². The van der Waals surface area contributed by atoms with Crippen LogP contribution in [0.3, 0.4) is 0 Å². The second-order valence-corrected chi connectivity index (χ2v) is 12.0. The summed E-state index contributed by atoms with van der Waals surface area (Å²) < 4.78 is 7.12. The molecule has 30 heavy (non-hydrogen) atoms. The monoisotopic (exact) mass is 408 g/mol. The third-order valence-electron chi connectivity index (χ3n) is 9.98. The number of fused-ring (bicyclic) bond motifs is 6. The molecule has 0 bridgehead atoms. The summed E-state index contributed by atoms with van der Waals surface area (Å²) in [5.41, 5.74) is 2.05. The highest BCUT2D eigenvalue weighted by Crippen LogP contribution is 2.62. The number of nitrogens with zero attached hydrogens (tertiary/aromatic N) is 2.